The van der Waals surface area contributed by atoms with Crippen molar-refractivity contribution in [3.63, 3.8) is 0 Å². The van der Waals surface area contributed by atoms with Crippen LogP contribution in [0.15, 0.2) is 24.5 Å². The van der Waals surface area contributed by atoms with Crippen LogP contribution in [0.3, 0.4) is 0 Å². The largest absolute Gasteiger partial charge is 0.475 e. The lowest BCUT2D eigenvalue weighted by atomic mass is 10.2. The van der Waals surface area contributed by atoms with E-state index in [4.69, 9.17) is 5.11 Å². The summed E-state index contributed by atoms with van der Waals surface area (Å²) in [5.74, 6) is -1.55. The van der Waals surface area contributed by atoms with Gasteiger partial charge in [0.2, 0.25) is 5.82 Å². The van der Waals surface area contributed by atoms with Crippen LogP contribution in [0, 0.1) is 6.92 Å². The summed E-state index contributed by atoms with van der Waals surface area (Å²) in [4.78, 5) is 30.6. The third kappa shape index (κ3) is 2.59. The molecule has 98 valence electrons. The molecule has 2 rings (SSSR count). The predicted molar refractivity (Wildman–Crippen MR) is 67.1 cm³/mol. The van der Waals surface area contributed by atoms with Crippen LogP contribution in [-0.2, 0) is 7.05 Å². The van der Waals surface area contributed by atoms with E-state index in [-0.39, 0.29) is 17.3 Å². The third-order valence-electron chi connectivity index (χ3n) is 2.53. The molecule has 0 saturated carbocycles. The minimum atomic E-state index is -1.16. The molecule has 2 N–H and O–H groups in total. The predicted octanol–water partition coefficient (Wildman–Crippen LogP) is 1.07. The lowest BCUT2D eigenvalue weighted by molar-refractivity contribution is 0.0679. The first-order chi connectivity index (χ1) is 8.99. The van der Waals surface area contributed by atoms with Crippen LogP contribution in [-0.4, -0.2) is 31.5 Å². The molecule has 7 nitrogen and oxygen atoms in total. The normalized spacial score (nSPS) is 10.2. The Hall–Kier alpha value is -2.70. The SMILES string of the molecule is Cc1cccnc1C(=O)Nc1cn(C)c(C(=O)O)n1. The molecule has 0 aliphatic heterocycles. The number of hydrogen-bond acceptors (Lipinski definition) is 4. The molecule has 0 spiro atoms. The summed E-state index contributed by atoms with van der Waals surface area (Å²) < 4.78 is 1.32. The van der Waals surface area contributed by atoms with Gasteiger partial charge < -0.3 is 15.0 Å². The zero-order valence-corrected chi connectivity index (χ0v) is 10.4. The molecule has 0 atom stereocenters. The minimum absolute atomic E-state index is 0.145. The van der Waals surface area contributed by atoms with Gasteiger partial charge in [-0.15, -0.1) is 0 Å². The van der Waals surface area contributed by atoms with Crippen LogP contribution in [0.1, 0.15) is 26.7 Å². The molecule has 2 aromatic rings. The summed E-state index contributed by atoms with van der Waals surface area (Å²) in [7, 11) is 1.54. The molecule has 2 heterocycles. The second-order valence-electron chi connectivity index (χ2n) is 3.99. The molecule has 2 aromatic heterocycles. The van der Waals surface area contributed by atoms with Crippen molar-refractivity contribution in [2.24, 2.45) is 7.05 Å². The second kappa shape index (κ2) is 4.89. The molecule has 0 bridgehead atoms. The molecular weight excluding hydrogens is 248 g/mol. The van der Waals surface area contributed by atoms with Gasteiger partial charge in [0.1, 0.15) is 5.69 Å². The van der Waals surface area contributed by atoms with Gasteiger partial charge in [-0.3, -0.25) is 9.78 Å². The Kier molecular flexibility index (Phi) is 3.28. The Labute approximate surface area is 108 Å². The van der Waals surface area contributed by atoms with Crippen LogP contribution in [0.4, 0.5) is 5.82 Å². The van der Waals surface area contributed by atoms with Gasteiger partial charge in [0, 0.05) is 19.4 Å². The molecule has 0 aliphatic rings. The quantitative estimate of drug-likeness (QED) is 0.860. The maximum Gasteiger partial charge on any atom is 0.372 e. The molecular formula is C12H12N4O3. The number of anilines is 1. The van der Waals surface area contributed by atoms with E-state index >= 15 is 0 Å². The monoisotopic (exact) mass is 260 g/mol. The lowest BCUT2D eigenvalue weighted by Gasteiger charge is -2.03. The van der Waals surface area contributed by atoms with E-state index in [0.717, 1.165) is 5.56 Å². The summed E-state index contributed by atoms with van der Waals surface area (Å²) in [5, 5.41) is 11.4. The number of carbonyl (C=O) groups is 2. The van der Waals surface area contributed by atoms with Crippen LogP contribution < -0.4 is 5.32 Å². The summed E-state index contributed by atoms with van der Waals surface area (Å²) in [5.41, 5.74) is 1.01. The number of rotatable bonds is 3. The highest BCUT2D eigenvalue weighted by Gasteiger charge is 2.15. The van der Waals surface area contributed by atoms with Gasteiger partial charge >= 0.3 is 5.97 Å². The highest BCUT2D eigenvalue weighted by atomic mass is 16.4. The molecule has 0 saturated heterocycles. The van der Waals surface area contributed by atoms with Gasteiger partial charge in [-0.05, 0) is 18.6 Å². The summed E-state index contributed by atoms with van der Waals surface area (Å²) in [6.45, 7) is 1.77. The number of aromatic nitrogens is 3. The second-order valence-corrected chi connectivity index (χ2v) is 3.99. The standard InChI is InChI=1S/C12H12N4O3/c1-7-4-3-5-13-9(7)11(17)15-8-6-16(2)10(14-8)12(18)19/h3-6H,1-2H3,(H,15,17)(H,18,19). The van der Waals surface area contributed by atoms with E-state index in [1.165, 1.54) is 24.0 Å². The molecule has 0 radical (unpaired) electrons. The van der Waals surface area contributed by atoms with Crippen LogP contribution in [0.5, 0.6) is 0 Å². The molecule has 0 aromatic carbocycles. The van der Waals surface area contributed by atoms with Gasteiger partial charge in [0.05, 0.1) is 0 Å². The number of carboxylic acid groups (broad SMARTS) is 1. The molecule has 19 heavy (non-hydrogen) atoms. The minimum Gasteiger partial charge on any atom is -0.475 e. The highest BCUT2D eigenvalue weighted by molar-refractivity contribution is 6.03. The summed E-state index contributed by atoms with van der Waals surface area (Å²) in [6.07, 6.45) is 2.95. The van der Waals surface area contributed by atoms with E-state index < -0.39 is 11.9 Å². The Morgan fingerprint density at radius 2 is 2.16 bits per heavy atom. The molecule has 1 amide bonds. The Morgan fingerprint density at radius 3 is 2.74 bits per heavy atom. The van der Waals surface area contributed by atoms with Crippen molar-refractivity contribution in [3.05, 3.63) is 41.6 Å². The maximum absolute atomic E-state index is 12.0. The number of aryl methyl sites for hydroxylation is 2. The number of amides is 1. The summed E-state index contributed by atoms with van der Waals surface area (Å²) in [6, 6.07) is 3.50. The maximum atomic E-state index is 12.0. The van der Waals surface area contributed by atoms with Crippen molar-refractivity contribution in [1.82, 2.24) is 14.5 Å². The van der Waals surface area contributed by atoms with Crippen LogP contribution in [0.2, 0.25) is 0 Å². The third-order valence-corrected chi connectivity index (χ3v) is 2.53. The summed E-state index contributed by atoms with van der Waals surface area (Å²) >= 11 is 0. The average Bonchev–Trinajstić information content (AvgIpc) is 2.70. The fourth-order valence-corrected chi connectivity index (χ4v) is 1.62. The van der Waals surface area contributed by atoms with Crippen molar-refractivity contribution >= 4 is 17.7 Å². The lowest BCUT2D eigenvalue weighted by Crippen LogP contribution is -2.15. The van der Waals surface area contributed by atoms with E-state index in [1.54, 1.807) is 19.1 Å². The molecule has 0 unspecified atom stereocenters. The first-order valence-electron chi connectivity index (χ1n) is 5.48. The number of carbonyl (C=O) groups excluding carboxylic acids is 1. The van der Waals surface area contributed by atoms with Crippen molar-refractivity contribution in [2.75, 3.05) is 5.32 Å². The van der Waals surface area contributed by atoms with Crippen LogP contribution >= 0.6 is 0 Å². The van der Waals surface area contributed by atoms with Gasteiger partial charge in [0.15, 0.2) is 5.82 Å². The highest BCUT2D eigenvalue weighted by Crippen LogP contribution is 2.10. The number of aromatic carboxylic acids is 1. The average molecular weight is 260 g/mol. The Morgan fingerprint density at radius 1 is 1.42 bits per heavy atom. The van der Waals surface area contributed by atoms with Gasteiger partial charge in [-0.25, -0.2) is 9.78 Å². The van der Waals surface area contributed by atoms with Crippen LogP contribution in [0.25, 0.3) is 0 Å². The number of nitrogens with zero attached hydrogens (tertiary/aromatic N) is 3. The first kappa shape index (κ1) is 12.7. The van der Waals surface area contributed by atoms with E-state index in [1.807, 2.05) is 0 Å². The molecule has 0 aliphatic carbocycles. The van der Waals surface area contributed by atoms with Gasteiger partial charge in [-0.1, -0.05) is 6.07 Å². The zero-order chi connectivity index (χ0) is 14.0. The number of hydrogen-bond donors (Lipinski definition) is 2. The van der Waals surface area contributed by atoms with E-state index in [2.05, 4.69) is 15.3 Å². The van der Waals surface area contributed by atoms with Gasteiger partial charge in [0.25, 0.3) is 5.91 Å². The fraction of sp³-hybridized carbons (Fsp3) is 0.167. The Balaban J connectivity index is 2.22. The topological polar surface area (TPSA) is 97.1 Å². The number of imidazole rings is 1. The number of nitrogens with one attached hydrogen (secondary N) is 1. The molecule has 0 fully saturated rings. The molecule has 7 heteroatoms. The fourth-order valence-electron chi connectivity index (χ4n) is 1.62. The van der Waals surface area contributed by atoms with E-state index in [9.17, 15) is 9.59 Å². The zero-order valence-electron chi connectivity index (χ0n) is 10.4. The number of pyridine rings is 1. The van der Waals surface area contributed by atoms with E-state index in [0.29, 0.717) is 0 Å². The smallest absolute Gasteiger partial charge is 0.372 e. The first-order valence-corrected chi connectivity index (χ1v) is 5.48. The van der Waals surface area contributed by atoms with Crippen molar-refractivity contribution in [2.45, 2.75) is 6.92 Å². The van der Waals surface area contributed by atoms with Crippen molar-refractivity contribution in [1.29, 1.82) is 0 Å². The Bertz CT molecular complexity index is 648. The van der Waals surface area contributed by atoms with Crippen molar-refractivity contribution in [3.8, 4) is 0 Å². The van der Waals surface area contributed by atoms with Gasteiger partial charge in [-0.2, -0.15) is 0 Å². The number of carboxylic acids is 1. The van der Waals surface area contributed by atoms with Crippen molar-refractivity contribution < 1.29 is 14.7 Å².